The highest BCUT2D eigenvalue weighted by molar-refractivity contribution is 5.65. The Kier molecular flexibility index (Phi) is 2.13. The molecule has 0 saturated carbocycles. The summed E-state index contributed by atoms with van der Waals surface area (Å²) in [7, 11) is 2.17. The molecule has 66 valence electrons. The fourth-order valence-electron chi connectivity index (χ4n) is 1.67. The maximum atomic E-state index is 4.31. The number of aliphatic imine (C=N–C) groups is 1. The van der Waals surface area contributed by atoms with E-state index in [0.29, 0.717) is 0 Å². The first-order chi connectivity index (χ1) is 5.86. The summed E-state index contributed by atoms with van der Waals surface area (Å²) in [5.41, 5.74) is 1.50. The molecular weight excluding hydrogens is 150 g/mol. The van der Waals surface area contributed by atoms with Crippen LogP contribution < -0.4 is 5.32 Å². The van der Waals surface area contributed by atoms with Crippen LogP contribution in [0.3, 0.4) is 0 Å². The Balaban J connectivity index is 2.04. The number of piperidine rings is 1. The van der Waals surface area contributed by atoms with Gasteiger partial charge in [0.05, 0.1) is 6.54 Å². The lowest BCUT2D eigenvalue weighted by atomic mass is 10.0. The highest BCUT2D eigenvalue weighted by atomic mass is 15.1. The molecule has 0 aliphatic carbocycles. The van der Waals surface area contributed by atoms with Crippen LogP contribution in [0, 0.1) is 0 Å². The summed E-state index contributed by atoms with van der Waals surface area (Å²) in [4.78, 5) is 6.67. The molecule has 2 rings (SSSR count). The zero-order valence-electron chi connectivity index (χ0n) is 7.51. The van der Waals surface area contributed by atoms with Gasteiger partial charge in [-0.2, -0.15) is 0 Å². The van der Waals surface area contributed by atoms with Crippen molar-refractivity contribution in [1.29, 1.82) is 0 Å². The Hall–Kier alpha value is -0.830. The van der Waals surface area contributed by atoms with Crippen LogP contribution in [0.2, 0.25) is 0 Å². The van der Waals surface area contributed by atoms with E-state index in [4.69, 9.17) is 0 Å². The van der Waals surface area contributed by atoms with Crippen molar-refractivity contribution < 1.29 is 0 Å². The Morgan fingerprint density at radius 1 is 1.42 bits per heavy atom. The molecule has 2 aliphatic heterocycles. The number of hydrogen-bond acceptors (Lipinski definition) is 3. The number of hydrogen-bond donors (Lipinski definition) is 1. The third-order valence-corrected chi connectivity index (χ3v) is 2.51. The Morgan fingerprint density at radius 3 is 2.75 bits per heavy atom. The van der Waals surface area contributed by atoms with Crippen molar-refractivity contribution in [2.75, 3.05) is 26.7 Å². The average Bonchev–Trinajstić information content (AvgIpc) is 2.58. The predicted molar refractivity (Wildman–Crippen MR) is 50.3 cm³/mol. The monoisotopic (exact) mass is 165 g/mol. The number of rotatable bonds is 0. The zero-order valence-corrected chi connectivity index (χ0v) is 7.51. The molecule has 0 spiro atoms. The SMILES string of the molecule is CN1CCC(=C2N=CCN2)CC1. The molecule has 12 heavy (non-hydrogen) atoms. The first-order valence-corrected chi connectivity index (χ1v) is 4.53. The predicted octanol–water partition coefficient (Wildman–Crippen LogP) is 0.598. The van der Waals surface area contributed by atoms with E-state index in [1.165, 1.54) is 31.5 Å². The van der Waals surface area contributed by atoms with Gasteiger partial charge in [-0.15, -0.1) is 0 Å². The van der Waals surface area contributed by atoms with Crippen molar-refractivity contribution in [2.45, 2.75) is 12.8 Å². The van der Waals surface area contributed by atoms with Crippen LogP contribution in [-0.4, -0.2) is 37.8 Å². The van der Waals surface area contributed by atoms with Crippen molar-refractivity contribution in [3.63, 3.8) is 0 Å². The van der Waals surface area contributed by atoms with Gasteiger partial charge in [0.2, 0.25) is 0 Å². The normalized spacial score (nSPS) is 24.8. The summed E-state index contributed by atoms with van der Waals surface area (Å²) in [6.07, 6.45) is 4.30. The van der Waals surface area contributed by atoms with E-state index in [9.17, 15) is 0 Å². The lowest BCUT2D eigenvalue weighted by Crippen LogP contribution is -2.27. The third-order valence-electron chi connectivity index (χ3n) is 2.51. The Bertz CT molecular complexity index is 220. The molecule has 3 heteroatoms. The molecule has 1 N–H and O–H groups in total. The fraction of sp³-hybridized carbons (Fsp3) is 0.667. The van der Waals surface area contributed by atoms with Crippen LogP contribution in [0.15, 0.2) is 16.4 Å². The van der Waals surface area contributed by atoms with Crippen molar-refractivity contribution in [2.24, 2.45) is 4.99 Å². The van der Waals surface area contributed by atoms with Crippen LogP contribution >= 0.6 is 0 Å². The molecule has 0 amide bonds. The van der Waals surface area contributed by atoms with Crippen LogP contribution in [0.4, 0.5) is 0 Å². The Morgan fingerprint density at radius 2 is 2.17 bits per heavy atom. The van der Waals surface area contributed by atoms with Gasteiger partial charge in [-0.05, 0) is 25.5 Å². The molecular formula is C9H15N3. The maximum absolute atomic E-state index is 4.31. The van der Waals surface area contributed by atoms with Gasteiger partial charge in [0.25, 0.3) is 0 Å². The summed E-state index contributed by atoms with van der Waals surface area (Å²) >= 11 is 0. The molecule has 2 heterocycles. The van der Waals surface area contributed by atoms with Gasteiger partial charge >= 0.3 is 0 Å². The molecule has 0 aromatic heterocycles. The second-order valence-corrected chi connectivity index (χ2v) is 3.45. The van der Waals surface area contributed by atoms with Gasteiger partial charge in [-0.3, -0.25) is 0 Å². The third kappa shape index (κ3) is 1.50. The second kappa shape index (κ2) is 3.27. The molecule has 0 bridgehead atoms. The summed E-state index contributed by atoms with van der Waals surface area (Å²) in [5.74, 6) is 1.14. The highest BCUT2D eigenvalue weighted by Gasteiger charge is 2.14. The van der Waals surface area contributed by atoms with Crippen molar-refractivity contribution in [3.05, 3.63) is 11.4 Å². The van der Waals surface area contributed by atoms with Crippen molar-refractivity contribution in [1.82, 2.24) is 10.2 Å². The quantitative estimate of drug-likeness (QED) is 0.569. The van der Waals surface area contributed by atoms with Gasteiger partial charge in [0.15, 0.2) is 0 Å². The molecule has 0 aromatic carbocycles. The van der Waals surface area contributed by atoms with Gasteiger partial charge in [0, 0.05) is 19.3 Å². The average molecular weight is 165 g/mol. The van der Waals surface area contributed by atoms with Crippen LogP contribution in [-0.2, 0) is 0 Å². The zero-order chi connectivity index (χ0) is 8.39. The number of nitrogens with zero attached hydrogens (tertiary/aromatic N) is 2. The minimum atomic E-state index is 0.911. The molecule has 0 aromatic rings. The fourth-order valence-corrected chi connectivity index (χ4v) is 1.67. The topological polar surface area (TPSA) is 27.6 Å². The summed E-state index contributed by atoms with van der Waals surface area (Å²) in [6, 6.07) is 0. The Labute approximate surface area is 73.2 Å². The van der Waals surface area contributed by atoms with E-state index < -0.39 is 0 Å². The minimum Gasteiger partial charge on any atom is -0.365 e. The van der Waals surface area contributed by atoms with E-state index >= 15 is 0 Å². The first-order valence-electron chi connectivity index (χ1n) is 4.53. The van der Waals surface area contributed by atoms with E-state index in [1.807, 2.05) is 6.21 Å². The highest BCUT2D eigenvalue weighted by Crippen LogP contribution is 2.19. The molecule has 1 saturated heterocycles. The van der Waals surface area contributed by atoms with Crippen LogP contribution in [0.1, 0.15) is 12.8 Å². The molecule has 3 nitrogen and oxygen atoms in total. The lowest BCUT2D eigenvalue weighted by molar-refractivity contribution is 0.310. The van der Waals surface area contributed by atoms with Gasteiger partial charge < -0.3 is 10.2 Å². The second-order valence-electron chi connectivity index (χ2n) is 3.45. The summed E-state index contributed by atoms with van der Waals surface area (Å²) < 4.78 is 0. The van der Waals surface area contributed by atoms with E-state index in [-0.39, 0.29) is 0 Å². The molecule has 0 radical (unpaired) electrons. The largest absolute Gasteiger partial charge is 0.365 e. The number of nitrogens with one attached hydrogen (secondary N) is 1. The molecule has 1 fully saturated rings. The van der Waals surface area contributed by atoms with Gasteiger partial charge in [-0.25, -0.2) is 4.99 Å². The molecule has 0 unspecified atom stereocenters. The van der Waals surface area contributed by atoms with Crippen LogP contribution in [0.25, 0.3) is 0 Å². The molecule has 2 aliphatic rings. The first kappa shape index (κ1) is 7.80. The smallest absolute Gasteiger partial charge is 0.125 e. The molecule has 0 atom stereocenters. The number of likely N-dealkylation sites (tertiary alicyclic amines) is 1. The van der Waals surface area contributed by atoms with E-state index in [1.54, 1.807) is 0 Å². The van der Waals surface area contributed by atoms with Gasteiger partial charge in [-0.1, -0.05) is 0 Å². The summed E-state index contributed by atoms with van der Waals surface area (Å²) in [6.45, 7) is 3.26. The van der Waals surface area contributed by atoms with Crippen molar-refractivity contribution >= 4 is 6.21 Å². The van der Waals surface area contributed by atoms with E-state index in [2.05, 4.69) is 22.3 Å². The minimum absolute atomic E-state index is 0.911. The van der Waals surface area contributed by atoms with Gasteiger partial charge in [0.1, 0.15) is 5.82 Å². The van der Waals surface area contributed by atoms with Crippen molar-refractivity contribution in [3.8, 4) is 0 Å². The maximum Gasteiger partial charge on any atom is 0.125 e. The lowest BCUT2D eigenvalue weighted by Gasteiger charge is -2.24. The van der Waals surface area contributed by atoms with Crippen LogP contribution in [0.5, 0.6) is 0 Å². The standard InChI is InChI=1S/C9H15N3/c1-12-6-2-8(3-7-12)9-10-4-5-11-9/h4,11H,2-3,5-7H2,1H3. The summed E-state index contributed by atoms with van der Waals surface area (Å²) in [5, 5.41) is 3.28. The van der Waals surface area contributed by atoms with E-state index in [0.717, 1.165) is 12.4 Å².